The van der Waals surface area contributed by atoms with E-state index >= 15 is 0 Å². The Kier molecular flexibility index (Phi) is 4.99. The number of rotatable bonds is 7. The molecule has 2 amide bonds. The summed E-state index contributed by atoms with van der Waals surface area (Å²) >= 11 is 0. The summed E-state index contributed by atoms with van der Waals surface area (Å²) in [6.07, 6.45) is 4.58. The van der Waals surface area contributed by atoms with E-state index in [0.29, 0.717) is 32.0 Å². The summed E-state index contributed by atoms with van der Waals surface area (Å²) in [6, 6.07) is 1.78. The third-order valence-corrected chi connectivity index (χ3v) is 6.28. The fourth-order valence-electron chi connectivity index (χ4n) is 4.94. The van der Waals surface area contributed by atoms with Crippen LogP contribution in [0.5, 0.6) is 0 Å². The number of nitrogens with one attached hydrogen (secondary N) is 1. The van der Waals surface area contributed by atoms with E-state index in [1.165, 1.54) is 6.26 Å². The van der Waals surface area contributed by atoms with Crippen molar-refractivity contribution in [2.45, 2.75) is 44.8 Å². The second kappa shape index (κ2) is 7.28. The molecule has 0 radical (unpaired) electrons. The van der Waals surface area contributed by atoms with E-state index in [0.717, 1.165) is 24.8 Å². The summed E-state index contributed by atoms with van der Waals surface area (Å²) < 4.78 is 17.0. The van der Waals surface area contributed by atoms with Gasteiger partial charge in [-0.2, -0.15) is 0 Å². The first-order valence-corrected chi connectivity index (χ1v) is 9.89. The van der Waals surface area contributed by atoms with Gasteiger partial charge < -0.3 is 24.1 Å². The maximum Gasteiger partial charge on any atom is 0.287 e. The Hall–Kier alpha value is -1.86. The monoisotopic (exact) mass is 376 g/mol. The number of carbonyl (C=O) groups excluding carboxylic acids is 2. The zero-order valence-corrected chi connectivity index (χ0v) is 16.0. The zero-order chi connectivity index (χ0) is 19.0. The van der Waals surface area contributed by atoms with Gasteiger partial charge in [-0.15, -0.1) is 0 Å². The molecular formula is C20H28N2O5. The Labute approximate surface area is 159 Å². The number of nitrogens with zero attached hydrogens (tertiary/aromatic N) is 1. The van der Waals surface area contributed by atoms with Crippen molar-refractivity contribution >= 4 is 11.8 Å². The summed E-state index contributed by atoms with van der Waals surface area (Å²) in [4.78, 5) is 26.7. The van der Waals surface area contributed by atoms with Gasteiger partial charge in [0.05, 0.1) is 24.5 Å². The quantitative estimate of drug-likeness (QED) is 0.734. The minimum Gasteiger partial charge on any atom is -0.459 e. The van der Waals surface area contributed by atoms with E-state index in [9.17, 15) is 9.59 Å². The molecule has 7 nitrogen and oxygen atoms in total. The van der Waals surface area contributed by atoms with Crippen molar-refractivity contribution in [3.63, 3.8) is 0 Å². The SMILES string of the molecule is CCCOCC(=O)N1C[C@@H]2[C@H](CNC(=O)c3occc3C)[C@H]3CC[C@]2(C1)O3. The largest absolute Gasteiger partial charge is 0.459 e. The van der Waals surface area contributed by atoms with Gasteiger partial charge in [0.1, 0.15) is 6.61 Å². The van der Waals surface area contributed by atoms with Crippen LogP contribution < -0.4 is 5.32 Å². The first-order chi connectivity index (χ1) is 13.0. The highest BCUT2D eigenvalue weighted by atomic mass is 16.5. The molecule has 1 aromatic heterocycles. The van der Waals surface area contributed by atoms with Crippen LogP contribution in [0.4, 0.5) is 0 Å². The summed E-state index contributed by atoms with van der Waals surface area (Å²) in [5.74, 6) is 0.711. The van der Waals surface area contributed by atoms with E-state index in [-0.39, 0.29) is 42.0 Å². The van der Waals surface area contributed by atoms with E-state index < -0.39 is 0 Å². The second-order valence-electron chi connectivity index (χ2n) is 8.00. The highest BCUT2D eigenvalue weighted by Crippen LogP contribution is 2.54. The first-order valence-electron chi connectivity index (χ1n) is 9.89. The van der Waals surface area contributed by atoms with Crippen LogP contribution in [0.25, 0.3) is 0 Å². The molecule has 4 atom stereocenters. The third kappa shape index (κ3) is 3.27. The Morgan fingerprint density at radius 1 is 1.44 bits per heavy atom. The molecule has 0 aliphatic carbocycles. The molecule has 1 N–H and O–H groups in total. The van der Waals surface area contributed by atoms with Crippen LogP contribution in [-0.4, -0.2) is 61.3 Å². The zero-order valence-electron chi connectivity index (χ0n) is 16.0. The molecule has 3 aliphatic rings. The number of likely N-dealkylation sites (tertiary alicyclic amines) is 1. The maximum absolute atomic E-state index is 12.5. The standard InChI is InChI=1S/C20H28N2O5/c1-3-7-25-11-17(23)22-10-15-14(16-4-6-20(15,12-22)27-16)9-21-19(24)18-13(2)5-8-26-18/h5,8,14-16H,3-4,6-7,9-12H2,1-2H3,(H,21,24)/t14-,15+,16+,20+/m0/s1. The molecule has 148 valence electrons. The number of amides is 2. The van der Waals surface area contributed by atoms with Crippen molar-refractivity contribution < 1.29 is 23.5 Å². The van der Waals surface area contributed by atoms with Gasteiger partial charge in [-0.25, -0.2) is 0 Å². The minimum absolute atomic E-state index is 0.0354. The molecule has 7 heteroatoms. The lowest BCUT2D eigenvalue weighted by Crippen LogP contribution is -2.41. The van der Waals surface area contributed by atoms with Crippen molar-refractivity contribution in [3.05, 3.63) is 23.7 Å². The van der Waals surface area contributed by atoms with Crippen molar-refractivity contribution in [2.75, 3.05) is 32.8 Å². The van der Waals surface area contributed by atoms with Crippen LogP contribution in [0.2, 0.25) is 0 Å². The normalized spacial score (nSPS) is 31.3. The second-order valence-corrected chi connectivity index (χ2v) is 8.00. The van der Waals surface area contributed by atoms with E-state index in [1.54, 1.807) is 6.07 Å². The number of carbonyl (C=O) groups is 2. The molecule has 3 fully saturated rings. The lowest BCUT2D eigenvalue weighted by molar-refractivity contribution is -0.136. The van der Waals surface area contributed by atoms with Crippen LogP contribution in [0.15, 0.2) is 16.7 Å². The molecule has 1 aromatic rings. The highest BCUT2D eigenvalue weighted by Gasteiger charge is 2.63. The average Bonchev–Trinajstić information content (AvgIpc) is 3.39. The summed E-state index contributed by atoms with van der Waals surface area (Å²) in [6.45, 7) is 6.50. The van der Waals surface area contributed by atoms with E-state index in [4.69, 9.17) is 13.9 Å². The molecular weight excluding hydrogens is 348 g/mol. The van der Waals surface area contributed by atoms with Gasteiger partial charge in [0.25, 0.3) is 5.91 Å². The van der Waals surface area contributed by atoms with Gasteiger partial charge in [0.2, 0.25) is 5.91 Å². The number of fused-ring (bicyclic) bond motifs is 1. The summed E-state index contributed by atoms with van der Waals surface area (Å²) in [5.41, 5.74) is 0.596. The number of hydrogen-bond acceptors (Lipinski definition) is 5. The fourth-order valence-corrected chi connectivity index (χ4v) is 4.94. The summed E-state index contributed by atoms with van der Waals surface area (Å²) in [5, 5.41) is 3.01. The number of hydrogen-bond donors (Lipinski definition) is 1. The third-order valence-electron chi connectivity index (χ3n) is 6.28. The van der Waals surface area contributed by atoms with Crippen LogP contribution in [0.3, 0.4) is 0 Å². The molecule has 0 aromatic carbocycles. The van der Waals surface area contributed by atoms with Crippen molar-refractivity contribution in [2.24, 2.45) is 11.8 Å². The molecule has 1 spiro atoms. The van der Waals surface area contributed by atoms with Crippen LogP contribution in [0, 0.1) is 18.8 Å². The number of aryl methyl sites for hydroxylation is 1. The van der Waals surface area contributed by atoms with Crippen molar-refractivity contribution in [1.82, 2.24) is 10.2 Å². The highest BCUT2D eigenvalue weighted by molar-refractivity contribution is 5.92. The lowest BCUT2D eigenvalue weighted by atomic mass is 9.73. The van der Waals surface area contributed by atoms with Crippen LogP contribution in [0.1, 0.15) is 42.3 Å². The van der Waals surface area contributed by atoms with Crippen LogP contribution in [-0.2, 0) is 14.3 Å². The number of ether oxygens (including phenoxy) is 2. The molecule has 0 unspecified atom stereocenters. The van der Waals surface area contributed by atoms with Crippen molar-refractivity contribution in [1.29, 1.82) is 0 Å². The lowest BCUT2D eigenvalue weighted by Gasteiger charge is -2.29. The minimum atomic E-state index is -0.235. The Bertz CT molecular complexity index is 717. The molecule has 3 saturated heterocycles. The molecule has 4 rings (SSSR count). The summed E-state index contributed by atoms with van der Waals surface area (Å²) in [7, 11) is 0. The Balaban J connectivity index is 1.37. The Morgan fingerprint density at radius 3 is 3.04 bits per heavy atom. The molecule has 3 aliphatic heterocycles. The van der Waals surface area contributed by atoms with E-state index in [2.05, 4.69) is 5.32 Å². The van der Waals surface area contributed by atoms with Gasteiger partial charge >= 0.3 is 0 Å². The van der Waals surface area contributed by atoms with Gasteiger partial charge in [-0.05, 0) is 32.3 Å². The molecule has 4 heterocycles. The van der Waals surface area contributed by atoms with Gasteiger partial charge in [-0.1, -0.05) is 6.92 Å². The van der Waals surface area contributed by atoms with Crippen molar-refractivity contribution in [3.8, 4) is 0 Å². The maximum atomic E-state index is 12.5. The van der Waals surface area contributed by atoms with Gasteiger partial charge in [0.15, 0.2) is 5.76 Å². The van der Waals surface area contributed by atoms with Gasteiger partial charge in [-0.3, -0.25) is 9.59 Å². The average molecular weight is 376 g/mol. The van der Waals surface area contributed by atoms with E-state index in [1.807, 2.05) is 18.7 Å². The molecule has 2 bridgehead atoms. The molecule has 27 heavy (non-hydrogen) atoms. The van der Waals surface area contributed by atoms with Gasteiger partial charge in [0, 0.05) is 37.1 Å². The molecule has 0 saturated carbocycles. The predicted molar refractivity (Wildman–Crippen MR) is 97.3 cm³/mol. The number of furan rings is 1. The Morgan fingerprint density at radius 2 is 2.30 bits per heavy atom. The predicted octanol–water partition coefficient (Wildman–Crippen LogP) is 1.75. The first kappa shape index (κ1) is 18.5. The van der Waals surface area contributed by atoms with Crippen LogP contribution >= 0.6 is 0 Å². The smallest absolute Gasteiger partial charge is 0.287 e. The topological polar surface area (TPSA) is 81.0 Å². The fraction of sp³-hybridized carbons (Fsp3) is 0.700.